The van der Waals surface area contributed by atoms with Crippen LogP contribution in [-0.4, -0.2) is 49.6 Å². The van der Waals surface area contributed by atoms with Crippen LogP contribution in [0.5, 0.6) is 0 Å². The van der Waals surface area contributed by atoms with Crippen molar-refractivity contribution in [3.63, 3.8) is 0 Å². The Hall–Kier alpha value is -1.86. The molecule has 0 aliphatic rings. The molecule has 146 valence electrons. The molecule has 0 aliphatic carbocycles. The third-order valence-electron chi connectivity index (χ3n) is 4.89. The molecule has 2 atom stereocenters. The number of likely N-dealkylation sites (N-methyl/N-ethyl adjacent to an activating group) is 1. The Labute approximate surface area is 157 Å². The number of nitrogens with zero attached hydrogens (tertiary/aromatic N) is 1. The van der Waals surface area contributed by atoms with Gasteiger partial charge in [0.1, 0.15) is 6.61 Å². The van der Waals surface area contributed by atoms with Crippen LogP contribution in [0, 0.1) is 0 Å². The van der Waals surface area contributed by atoms with Crippen LogP contribution in [0.2, 0.25) is 18.1 Å². The molecule has 0 fully saturated rings. The van der Waals surface area contributed by atoms with Crippen molar-refractivity contribution in [3.05, 3.63) is 35.9 Å². The van der Waals surface area contributed by atoms with Gasteiger partial charge in [0.15, 0.2) is 14.4 Å². The molecule has 1 N–H and O–H groups in total. The zero-order valence-corrected chi connectivity index (χ0v) is 17.8. The van der Waals surface area contributed by atoms with Gasteiger partial charge in [-0.3, -0.25) is 4.90 Å². The van der Waals surface area contributed by atoms with Crippen molar-refractivity contribution in [2.24, 2.45) is 0 Å². The van der Waals surface area contributed by atoms with Crippen LogP contribution < -0.4 is 0 Å². The Morgan fingerprint density at radius 2 is 1.73 bits per heavy atom. The highest BCUT2D eigenvalue weighted by atomic mass is 28.4. The normalized spacial score (nSPS) is 14.4. The highest BCUT2D eigenvalue weighted by molar-refractivity contribution is 6.74. The maximum Gasteiger partial charge on any atom is 0.410 e. The predicted octanol–water partition coefficient (Wildman–Crippen LogP) is 4.12. The number of benzene rings is 1. The van der Waals surface area contributed by atoms with Crippen LogP contribution in [0.3, 0.4) is 0 Å². The van der Waals surface area contributed by atoms with Gasteiger partial charge >= 0.3 is 12.1 Å². The Morgan fingerprint density at radius 3 is 2.19 bits per heavy atom. The molecule has 0 unspecified atom stereocenters. The molecule has 1 amide bonds. The Bertz CT molecular complexity index is 612. The first kappa shape index (κ1) is 22.2. The van der Waals surface area contributed by atoms with E-state index in [2.05, 4.69) is 33.9 Å². The molecule has 26 heavy (non-hydrogen) atoms. The minimum atomic E-state index is -2.17. The molecule has 0 aromatic heterocycles. The van der Waals surface area contributed by atoms with E-state index in [0.717, 1.165) is 10.5 Å². The van der Waals surface area contributed by atoms with Gasteiger partial charge in [-0.2, -0.15) is 0 Å². The molecule has 1 aromatic carbocycles. The zero-order valence-electron chi connectivity index (χ0n) is 16.8. The van der Waals surface area contributed by atoms with Gasteiger partial charge in [0, 0.05) is 7.05 Å². The molecule has 1 rings (SSSR count). The molecular weight excluding hydrogens is 350 g/mol. The number of carboxylic acids is 1. The summed E-state index contributed by atoms with van der Waals surface area (Å²) in [5.74, 6) is -1.12. The van der Waals surface area contributed by atoms with Gasteiger partial charge in [0.05, 0.1) is 6.10 Å². The number of hydrogen-bond acceptors (Lipinski definition) is 4. The predicted molar refractivity (Wildman–Crippen MR) is 104 cm³/mol. The number of rotatable bonds is 7. The largest absolute Gasteiger partial charge is 0.480 e. The summed E-state index contributed by atoms with van der Waals surface area (Å²) < 4.78 is 11.4. The van der Waals surface area contributed by atoms with Crippen molar-refractivity contribution in [1.82, 2.24) is 4.90 Å². The third kappa shape index (κ3) is 5.84. The SMILES string of the molecule is C[C@H](O[Si](C)(C)C(C)(C)C)[C@H](C(=O)O)N(C)C(=O)OCc1ccccc1. The molecule has 7 heteroatoms. The number of carboxylic acid groups (broad SMARTS) is 1. The first-order chi connectivity index (χ1) is 11.9. The van der Waals surface area contributed by atoms with Gasteiger partial charge in [0.2, 0.25) is 0 Å². The standard InChI is InChI=1S/C19H31NO5Si/c1-14(25-26(6,7)19(2,3)4)16(17(21)22)20(5)18(23)24-13-15-11-9-8-10-12-15/h8-12,14,16H,13H2,1-7H3,(H,21,22)/t14-,16+/m0/s1. The zero-order chi connectivity index (χ0) is 20.1. The summed E-state index contributed by atoms with van der Waals surface area (Å²) in [6.45, 7) is 12.1. The molecule has 0 radical (unpaired) electrons. The van der Waals surface area contributed by atoms with E-state index in [9.17, 15) is 14.7 Å². The van der Waals surface area contributed by atoms with E-state index in [1.54, 1.807) is 6.92 Å². The summed E-state index contributed by atoms with van der Waals surface area (Å²) in [5, 5.41) is 9.58. The molecule has 0 saturated heterocycles. The van der Waals surface area contributed by atoms with E-state index in [1.807, 2.05) is 30.3 Å². The average molecular weight is 382 g/mol. The smallest absolute Gasteiger partial charge is 0.410 e. The lowest BCUT2D eigenvalue weighted by Gasteiger charge is -2.40. The molecular formula is C19H31NO5Si. The monoisotopic (exact) mass is 381 g/mol. The van der Waals surface area contributed by atoms with Crippen molar-refractivity contribution in [2.75, 3.05) is 7.05 Å². The molecule has 0 spiro atoms. The first-order valence-electron chi connectivity index (χ1n) is 8.71. The van der Waals surface area contributed by atoms with Gasteiger partial charge < -0.3 is 14.3 Å². The fourth-order valence-corrected chi connectivity index (χ4v) is 3.73. The van der Waals surface area contributed by atoms with Gasteiger partial charge in [-0.25, -0.2) is 9.59 Å². The Kier molecular flexibility index (Phi) is 7.41. The number of carbonyl (C=O) groups is 2. The number of hydrogen-bond donors (Lipinski definition) is 1. The van der Waals surface area contributed by atoms with Crippen LogP contribution in [0.15, 0.2) is 30.3 Å². The van der Waals surface area contributed by atoms with Crippen LogP contribution in [0.4, 0.5) is 4.79 Å². The van der Waals surface area contributed by atoms with Crippen molar-refractivity contribution in [3.8, 4) is 0 Å². The van der Waals surface area contributed by atoms with E-state index in [4.69, 9.17) is 9.16 Å². The van der Waals surface area contributed by atoms with Gasteiger partial charge in [-0.1, -0.05) is 51.1 Å². The van der Waals surface area contributed by atoms with E-state index in [1.165, 1.54) is 7.05 Å². The third-order valence-corrected chi connectivity index (χ3v) is 9.47. The molecule has 6 nitrogen and oxygen atoms in total. The van der Waals surface area contributed by atoms with Crippen LogP contribution in [0.25, 0.3) is 0 Å². The van der Waals surface area contributed by atoms with Gasteiger partial charge in [0.25, 0.3) is 0 Å². The van der Waals surface area contributed by atoms with Crippen LogP contribution >= 0.6 is 0 Å². The molecule has 1 aromatic rings. The lowest BCUT2D eigenvalue weighted by atomic mass is 10.1. The fourth-order valence-electron chi connectivity index (χ4n) is 2.32. The molecule has 0 bridgehead atoms. The molecule has 0 saturated carbocycles. The summed E-state index contributed by atoms with van der Waals surface area (Å²) in [7, 11) is -0.742. The lowest BCUT2D eigenvalue weighted by Crippen LogP contribution is -2.54. The number of aliphatic carboxylic acids is 1. The number of amides is 1. The van der Waals surface area contributed by atoms with Gasteiger partial charge in [-0.15, -0.1) is 0 Å². The minimum absolute atomic E-state index is 0.0588. The Balaban J connectivity index is 2.81. The second-order valence-electron chi connectivity index (χ2n) is 8.02. The van der Waals surface area contributed by atoms with Crippen molar-refractivity contribution < 1.29 is 23.9 Å². The minimum Gasteiger partial charge on any atom is -0.480 e. The summed E-state index contributed by atoms with van der Waals surface area (Å²) in [6.07, 6.45) is -1.34. The van der Waals surface area contributed by atoms with Crippen molar-refractivity contribution >= 4 is 20.4 Å². The fraction of sp³-hybridized carbons (Fsp3) is 0.579. The molecule has 0 aliphatic heterocycles. The van der Waals surface area contributed by atoms with E-state index in [0.29, 0.717) is 0 Å². The summed E-state index contributed by atoms with van der Waals surface area (Å²) in [6, 6.07) is 8.13. The average Bonchev–Trinajstić information content (AvgIpc) is 2.51. The topological polar surface area (TPSA) is 76.1 Å². The second kappa shape index (κ2) is 8.68. The lowest BCUT2D eigenvalue weighted by molar-refractivity contribution is -0.145. The number of carbonyl (C=O) groups excluding carboxylic acids is 1. The maximum atomic E-state index is 12.3. The molecule has 0 heterocycles. The van der Waals surface area contributed by atoms with Crippen LogP contribution in [0.1, 0.15) is 33.3 Å². The first-order valence-corrected chi connectivity index (χ1v) is 11.6. The second-order valence-corrected chi connectivity index (χ2v) is 12.8. The van der Waals surface area contributed by atoms with Crippen molar-refractivity contribution in [2.45, 2.75) is 64.6 Å². The Morgan fingerprint density at radius 1 is 1.19 bits per heavy atom. The van der Waals surface area contributed by atoms with E-state index < -0.39 is 32.5 Å². The summed E-state index contributed by atoms with van der Waals surface area (Å²) in [4.78, 5) is 25.2. The summed E-state index contributed by atoms with van der Waals surface area (Å²) in [5.41, 5.74) is 0.840. The highest BCUT2D eigenvalue weighted by Crippen LogP contribution is 2.37. The number of ether oxygens (including phenoxy) is 1. The van der Waals surface area contributed by atoms with E-state index in [-0.39, 0.29) is 11.6 Å². The van der Waals surface area contributed by atoms with Crippen molar-refractivity contribution in [1.29, 1.82) is 0 Å². The summed E-state index contributed by atoms with van der Waals surface area (Å²) >= 11 is 0. The van der Waals surface area contributed by atoms with E-state index >= 15 is 0 Å². The van der Waals surface area contributed by atoms with Gasteiger partial charge in [-0.05, 0) is 30.6 Å². The highest BCUT2D eigenvalue weighted by Gasteiger charge is 2.42. The van der Waals surface area contributed by atoms with Crippen LogP contribution in [-0.2, 0) is 20.6 Å². The quantitative estimate of drug-likeness (QED) is 0.719. The maximum absolute atomic E-state index is 12.3.